The zero-order valence-corrected chi connectivity index (χ0v) is 15.0. The van der Waals surface area contributed by atoms with E-state index < -0.39 is 0 Å². The Morgan fingerprint density at radius 1 is 1.12 bits per heavy atom. The topological polar surface area (TPSA) is 36.9 Å². The molecule has 1 aliphatic rings. The van der Waals surface area contributed by atoms with E-state index in [0.717, 1.165) is 43.1 Å². The molecule has 4 rings (SSSR count). The average molecular weight is 357 g/mol. The predicted molar refractivity (Wildman–Crippen MR) is 101 cm³/mol. The van der Waals surface area contributed by atoms with Gasteiger partial charge in [0.15, 0.2) is 10.6 Å². The van der Waals surface area contributed by atoms with Gasteiger partial charge in [-0.2, -0.15) is 5.10 Å². The van der Waals surface area contributed by atoms with Gasteiger partial charge in [-0.1, -0.05) is 36.4 Å². The molecule has 0 atom stereocenters. The smallest absolute Gasteiger partial charge is 0.195 e. The Balaban J connectivity index is 1.47. The minimum absolute atomic E-state index is 0.431. The van der Waals surface area contributed by atoms with Crippen LogP contribution in [0.25, 0.3) is 10.7 Å². The first-order valence-corrected chi connectivity index (χ1v) is 9.57. The molecule has 3 heterocycles. The molecule has 0 spiro atoms. The van der Waals surface area contributed by atoms with Crippen LogP contribution in [0.15, 0.2) is 47.8 Å². The van der Waals surface area contributed by atoms with Gasteiger partial charge < -0.3 is 0 Å². The maximum Gasteiger partial charge on any atom is 0.195 e. The van der Waals surface area contributed by atoms with Gasteiger partial charge in [0.2, 0.25) is 0 Å². The lowest BCUT2D eigenvalue weighted by Crippen LogP contribution is -2.34. The number of nitrogens with one attached hydrogen (secondary N) is 1. The van der Waals surface area contributed by atoms with Crippen LogP contribution >= 0.6 is 23.6 Å². The number of thiophene rings is 1. The summed E-state index contributed by atoms with van der Waals surface area (Å²) in [5.74, 6) is 0.983. The fourth-order valence-corrected chi connectivity index (χ4v) is 4.39. The Morgan fingerprint density at radius 3 is 2.62 bits per heavy atom. The van der Waals surface area contributed by atoms with Crippen LogP contribution < -0.4 is 0 Å². The minimum Gasteiger partial charge on any atom is -0.299 e. The number of benzene rings is 1. The Hall–Kier alpha value is -1.76. The van der Waals surface area contributed by atoms with Gasteiger partial charge in [0.05, 0.1) is 4.88 Å². The summed E-state index contributed by atoms with van der Waals surface area (Å²) in [5, 5.41) is 9.53. The van der Waals surface area contributed by atoms with Gasteiger partial charge in [-0.15, -0.1) is 11.3 Å². The predicted octanol–water partition coefficient (Wildman–Crippen LogP) is 4.51. The van der Waals surface area contributed by atoms with Gasteiger partial charge in [0, 0.05) is 25.7 Å². The number of rotatable bonds is 4. The molecule has 124 valence electrons. The van der Waals surface area contributed by atoms with Crippen LogP contribution in [0.1, 0.15) is 24.4 Å². The fraction of sp³-hybridized carbons (Fsp3) is 0.333. The molecule has 0 amide bonds. The minimum atomic E-state index is 0.431. The summed E-state index contributed by atoms with van der Waals surface area (Å²) in [6.07, 6.45) is 2.22. The number of H-pyrrole nitrogens is 1. The second kappa shape index (κ2) is 7.01. The molecule has 1 saturated heterocycles. The molecule has 3 aromatic rings. The van der Waals surface area contributed by atoms with Gasteiger partial charge in [-0.25, -0.2) is 0 Å². The molecule has 1 aliphatic heterocycles. The first-order chi connectivity index (χ1) is 11.8. The molecule has 0 bridgehead atoms. The number of aromatic nitrogens is 3. The van der Waals surface area contributed by atoms with E-state index in [2.05, 4.69) is 67.5 Å². The molecule has 24 heavy (non-hydrogen) atoms. The highest BCUT2D eigenvalue weighted by molar-refractivity contribution is 7.71. The summed E-state index contributed by atoms with van der Waals surface area (Å²) in [4.78, 5) is 3.70. The highest BCUT2D eigenvalue weighted by Gasteiger charge is 2.24. The third-order valence-electron chi connectivity index (χ3n) is 4.62. The number of hydrogen-bond donors (Lipinski definition) is 1. The molecule has 0 aliphatic carbocycles. The molecular formula is C18H20N4S2. The van der Waals surface area contributed by atoms with Crippen molar-refractivity contribution in [3.8, 4) is 10.7 Å². The van der Waals surface area contributed by atoms with Crippen molar-refractivity contribution in [1.82, 2.24) is 19.7 Å². The van der Waals surface area contributed by atoms with Crippen molar-refractivity contribution in [2.24, 2.45) is 0 Å². The highest BCUT2D eigenvalue weighted by Crippen LogP contribution is 2.30. The molecule has 1 fully saturated rings. The van der Waals surface area contributed by atoms with Gasteiger partial charge in [-0.05, 0) is 42.1 Å². The van der Waals surface area contributed by atoms with Crippen molar-refractivity contribution in [1.29, 1.82) is 0 Å². The van der Waals surface area contributed by atoms with Crippen molar-refractivity contribution in [2.45, 2.75) is 25.4 Å². The molecule has 0 radical (unpaired) electrons. The lowest BCUT2D eigenvalue weighted by molar-refractivity contribution is 0.179. The van der Waals surface area contributed by atoms with Crippen molar-refractivity contribution >= 4 is 23.6 Å². The Bertz CT molecular complexity index is 828. The maximum absolute atomic E-state index is 5.50. The van der Waals surface area contributed by atoms with E-state index in [9.17, 15) is 0 Å². The van der Waals surface area contributed by atoms with E-state index in [4.69, 9.17) is 12.2 Å². The molecule has 4 nitrogen and oxygen atoms in total. The van der Waals surface area contributed by atoms with Crippen molar-refractivity contribution < 1.29 is 0 Å². The summed E-state index contributed by atoms with van der Waals surface area (Å²) in [5.41, 5.74) is 1.38. The quantitative estimate of drug-likeness (QED) is 0.699. The summed E-state index contributed by atoms with van der Waals surface area (Å²) < 4.78 is 2.96. The number of aromatic amines is 1. The number of nitrogens with zero attached hydrogens (tertiary/aromatic N) is 3. The molecular weight excluding hydrogens is 336 g/mol. The van der Waals surface area contributed by atoms with Crippen molar-refractivity contribution in [2.75, 3.05) is 13.1 Å². The van der Waals surface area contributed by atoms with Crippen LogP contribution in [0.2, 0.25) is 0 Å². The van der Waals surface area contributed by atoms with Crippen LogP contribution in [-0.2, 0) is 6.54 Å². The number of piperidine rings is 1. The van der Waals surface area contributed by atoms with E-state index in [1.165, 1.54) is 10.4 Å². The van der Waals surface area contributed by atoms with Gasteiger partial charge >= 0.3 is 0 Å². The zero-order valence-electron chi connectivity index (χ0n) is 13.4. The fourth-order valence-electron chi connectivity index (χ4n) is 3.40. The summed E-state index contributed by atoms with van der Waals surface area (Å²) in [6.45, 7) is 3.22. The van der Waals surface area contributed by atoms with E-state index in [1.807, 2.05) is 0 Å². The summed E-state index contributed by atoms with van der Waals surface area (Å²) >= 11 is 7.21. The second-order valence-electron chi connectivity index (χ2n) is 6.19. The summed E-state index contributed by atoms with van der Waals surface area (Å²) in [6, 6.07) is 15.3. The standard InChI is InChI=1S/C18H20N4S2/c23-18-20-19-17(16-7-4-12-24-16)22(18)15-8-10-21(11-9-15)13-14-5-2-1-3-6-14/h1-7,12,15H,8-11,13H2,(H,20,23). The average Bonchev–Trinajstić information content (AvgIpc) is 3.26. The highest BCUT2D eigenvalue weighted by atomic mass is 32.1. The third-order valence-corrected chi connectivity index (χ3v) is 5.77. The van der Waals surface area contributed by atoms with Crippen LogP contribution in [0.3, 0.4) is 0 Å². The third kappa shape index (κ3) is 3.22. The lowest BCUT2D eigenvalue weighted by atomic mass is 10.0. The number of likely N-dealkylation sites (tertiary alicyclic amines) is 1. The monoisotopic (exact) mass is 356 g/mol. The molecule has 2 aromatic heterocycles. The molecule has 1 aromatic carbocycles. The van der Waals surface area contributed by atoms with E-state index >= 15 is 0 Å². The Kier molecular flexibility index (Phi) is 4.60. The Morgan fingerprint density at radius 2 is 1.92 bits per heavy atom. The lowest BCUT2D eigenvalue weighted by Gasteiger charge is -2.32. The first-order valence-electron chi connectivity index (χ1n) is 8.28. The van der Waals surface area contributed by atoms with E-state index in [0.29, 0.717) is 6.04 Å². The van der Waals surface area contributed by atoms with Gasteiger partial charge in [0.1, 0.15) is 0 Å². The van der Waals surface area contributed by atoms with Crippen LogP contribution in [0.5, 0.6) is 0 Å². The van der Waals surface area contributed by atoms with Crippen LogP contribution in [-0.4, -0.2) is 32.8 Å². The maximum atomic E-state index is 5.50. The second-order valence-corrected chi connectivity index (χ2v) is 7.53. The normalized spacial score (nSPS) is 16.5. The molecule has 6 heteroatoms. The SMILES string of the molecule is S=c1[nH]nc(-c2cccs2)n1C1CCN(Cc2ccccc2)CC1. The zero-order chi connectivity index (χ0) is 16.4. The largest absolute Gasteiger partial charge is 0.299 e. The van der Waals surface area contributed by atoms with Crippen molar-refractivity contribution in [3.05, 3.63) is 58.2 Å². The Labute approximate surface area is 150 Å². The van der Waals surface area contributed by atoms with Crippen LogP contribution in [0.4, 0.5) is 0 Å². The number of hydrogen-bond acceptors (Lipinski definition) is 4. The molecule has 1 N–H and O–H groups in total. The van der Waals surface area contributed by atoms with E-state index in [-0.39, 0.29) is 0 Å². The molecule has 0 saturated carbocycles. The first kappa shape index (κ1) is 15.7. The van der Waals surface area contributed by atoms with Crippen LogP contribution in [0, 0.1) is 4.77 Å². The van der Waals surface area contributed by atoms with Crippen molar-refractivity contribution in [3.63, 3.8) is 0 Å². The molecule has 0 unspecified atom stereocenters. The summed E-state index contributed by atoms with van der Waals surface area (Å²) in [7, 11) is 0. The van der Waals surface area contributed by atoms with Gasteiger partial charge in [0.25, 0.3) is 0 Å². The van der Waals surface area contributed by atoms with E-state index in [1.54, 1.807) is 11.3 Å². The van der Waals surface area contributed by atoms with Gasteiger partial charge in [-0.3, -0.25) is 14.6 Å².